The Hall–Kier alpha value is -5.32. The molecule has 0 aromatic heterocycles. The Morgan fingerprint density at radius 1 is 0.771 bits per heavy atom. The molecule has 3 N–H and O–H groups in total. The third-order valence-electron chi connectivity index (χ3n) is 8.90. The lowest BCUT2D eigenvalue weighted by atomic mass is 9.74. The van der Waals surface area contributed by atoms with E-state index in [4.69, 9.17) is 4.74 Å². The number of amides is 4. The average Bonchev–Trinajstić information content (AvgIpc) is 3.38. The summed E-state index contributed by atoms with van der Waals surface area (Å²) in [7, 11) is 0. The molecule has 1 heterocycles. The van der Waals surface area contributed by atoms with E-state index in [1.165, 1.54) is 0 Å². The summed E-state index contributed by atoms with van der Waals surface area (Å²) in [5.41, 5.74) is 1.76. The number of fused-ring (bicyclic) bond motifs is 3. The van der Waals surface area contributed by atoms with Crippen LogP contribution in [-0.2, 0) is 10.2 Å². The number of hydrogen-bond acceptors (Lipinski definition) is 4. The number of piperidine rings is 1. The summed E-state index contributed by atoms with van der Waals surface area (Å²) >= 11 is 0. The van der Waals surface area contributed by atoms with Gasteiger partial charge in [-0.1, -0.05) is 78.9 Å². The van der Waals surface area contributed by atoms with Crippen molar-refractivity contribution < 1.29 is 32.3 Å². The number of hydrogen-bond donors (Lipinski definition) is 3. The smallest absolute Gasteiger partial charge is 0.405 e. The summed E-state index contributed by atoms with van der Waals surface area (Å²) in [5.74, 6) is 0.0242. The number of para-hydroxylation sites is 2. The molecular weight excluding hydrogens is 621 g/mol. The maximum Gasteiger partial charge on any atom is 0.405 e. The van der Waals surface area contributed by atoms with Crippen LogP contribution in [0, 0.1) is 0 Å². The Labute approximate surface area is 276 Å². The molecule has 0 bridgehead atoms. The highest BCUT2D eigenvalue weighted by Gasteiger charge is 2.49. The summed E-state index contributed by atoms with van der Waals surface area (Å²) in [6.07, 6.45) is -3.45. The van der Waals surface area contributed by atoms with E-state index in [-0.39, 0.29) is 30.9 Å². The lowest BCUT2D eigenvalue weighted by Crippen LogP contribution is -2.51. The van der Waals surface area contributed by atoms with Gasteiger partial charge >= 0.3 is 12.2 Å². The predicted octanol–water partition coefficient (Wildman–Crippen LogP) is 6.42. The summed E-state index contributed by atoms with van der Waals surface area (Å²) in [6, 6.07) is 30.1. The van der Waals surface area contributed by atoms with Gasteiger partial charge in [0.2, 0.25) is 5.91 Å². The van der Waals surface area contributed by atoms with E-state index in [0.717, 1.165) is 11.1 Å². The van der Waals surface area contributed by atoms with E-state index in [1.54, 1.807) is 53.4 Å². The van der Waals surface area contributed by atoms with Gasteiger partial charge in [0.05, 0.1) is 5.56 Å². The number of rotatable bonds is 9. The van der Waals surface area contributed by atoms with Gasteiger partial charge in [-0.05, 0) is 65.8 Å². The lowest BCUT2D eigenvalue weighted by molar-refractivity contribution is -0.141. The highest BCUT2D eigenvalue weighted by molar-refractivity contribution is 6.00. The van der Waals surface area contributed by atoms with E-state index < -0.39 is 24.0 Å². The molecule has 1 saturated heterocycles. The van der Waals surface area contributed by atoms with Crippen molar-refractivity contribution in [2.75, 3.05) is 26.2 Å². The lowest BCUT2D eigenvalue weighted by Gasteiger charge is -2.34. The zero-order valence-electron chi connectivity index (χ0n) is 26.1. The number of carbonyl (C=O) groups excluding carboxylic acids is 3. The van der Waals surface area contributed by atoms with E-state index in [1.807, 2.05) is 54.6 Å². The minimum absolute atomic E-state index is 0.0514. The molecule has 48 heavy (non-hydrogen) atoms. The third-order valence-corrected chi connectivity index (χ3v) is 8.90. The van der Waals surface area contributed by atoms with Crippen LogP contribution in [0.2, 0.25) is 0 Å². The molecule has 0 radical (unpaired) electrons. The van der Waals surface area contributed by atoms with Gasteiger partial charge in [-0.15, -0.1) is 0 Å². The number of nitrogens with one attached hydrogen (secondary N) is 3. The summed E-state index contributed by atoms with van der Waals surface area (Å²) < 4.78 is 45.4. The van der Waals surface area contributed by atoms with Crippen LogP contribution in [0.5, 0.6) is 11.5 Å². The van der Waals surface area contributed by atoms with Crippen LogP contribution in [0.25, 0.3) is 11.1 Å². The highest BCUT2D eigenvalue weighted by atomic mass is 19.4. The molecule has 1 aliphatic heterocycles. The molecule has 0 unspecified atom stereocenters. The number of nitrogens with zero attached hydrogens (tertiary/aromatic N) is 1. The van der Waals surface area contributed by atoms with Gasteiger partial charge in [0, 0.05) is 25.7 Å². The molecule has 0 saturated carbocycles. The van der Waals surface area contributed by atoms with E-state index >= 15 is 0 Å². The van der Waals surface area contributed by atoms with Crippen LogP contribution < -0.4 is 20.7 Å². The van der Waals surface area contributed by atoms with Crippen LogP contribution in [0.15, 0.2) is 103 Å². The fourth-order valence-electron chi connectivity index (χ4n) is 6.60. The standard InChI is InChI=1S/C37H35F3N4O4/c38-37(39,40)24-42-34(46)36(30-15-7-4-12-27(30)28-13-5-8-16-31(28)36)20-21-41-35(47)44-22-18-25(19-23-44)43-33(45)29-14-6-9-17-32(29)48-26-10-2-1-3-11-26/h1-17,25H,18-24H2,(H,41,47)(H,42,46)(H,43,45). The fraction of sp³-hybridized carbons (Fsp3) is 0.270. The predicted molar refractivity (Wildman–Crippen MR) is 175 cm³/mol. The van der Waals surface area contributed by atoms with Gasteiger partial charge in [-0.3, -0.25) is 9.59 Å². The quantitative estimate of drug-likeness (QED) is 0.194. The molecule has 1 aliphatic carbocycles. The molecule has 0 atom stereocenters. The van der Waals surface area contributed by atoms with Crippen molar-refractivity contribution in [2.24, 2.45) is 0 Å². The topological polar surface area (TPSA) is 99.8 Å². The zero-order valence-corrected chi connectivity index (χ0v) is 26.1. The Balaban J connectivity index is 1.07. The Bertz CT molecular complexity index is 1740. The SMILES string of the molecule is O=C(NC1CCN(C(=O)NCCC2(C(=O)NCC(F)(F)F)c3ccccc3-c3ccccc32)CC1)c1ccccc1Oc1ccccc1. The number of urea groups is 1. The van der Waals surface area contributed by atoms with Crippen molar-refractivity contribution in [1.82, 2.24) is 20.9 Å². The third kappa shape index (κ3) is 6.85. The van der Waals surface area contributed by atoms with Crippen LogP contribution in [-0.4, -0.2) is 61.1 Å². The first-order valence-corrected chi connectivity index (χ1v) is 15.9. The van der Waals surface area contributed by atoms with Gasteiger partial charge < -0.3 is 25.6 Å². The molecule has 1 fully saturated rings. The van der Waals surface area contributed by atoms with Crippen LogP contribution in [0.4, 0.5) is 18.0 Å². The average molecular weight is 657 g/mol. The maximum atomic E-state index is 13.7. The fourth-order valence-corrected chi connectivity index (χ4v) is 6.60. The Morgan fingerprint density at radius 3 is 2.00 bits per heavy atom. The minimum atomic E-state index is -4.58. The second-order valence-corrected chi connectivity index (χ2v) is 11.9. The molecule has 2 aliphatic rings. The number of alkyl halides is 3. The normalized spacial score (nSPS) is 15.2. The number of likely N-dealkylation sites (tertiary alicyclic amines) is 1. The first-order chi connectivity index (χ1) is 23.2. The molecule has 8 nitrogen and oxygen atoms in total. The summed E-state index contributed by atoms with van der Waals surface area (Å²) in [5, 5.41) is 8.05. The van der Waals surface area contributed by atoms with Crippen molar-refractivity contribution in [3.8, 4) is 22.6 Å². The number of carbonyl (C=O) groups is 3. The second-order valence-electron chi connectivity index (χ2n) is 11.9. The van der Waals surface area contributed by atoms with Crippen LogP contribution in [0.3, 0.4) is 0 Å². The number of halogens is 3. The molecule has 248 valence electrons. The van der Waals surface area contributed by atoms with Gasteiger partial charge in [-0.25, -0.2) is 4.79 Å². The monoisotopic (exact) mass is 656 g/mol. The number of ether oxygens (including phenoxy) is 1. The highest BCUT2D eigenvalue weighted by Crippen LogP contribution is 2.50. The molecule has 6 rings (SSSR count). The van der Waals surface area contributed by atoms with Crippen molar-refractivity contribution in [2.45, 2.75) is 36.9 Å². The number of benzene rings is 4. The Morgan fingerprint density at radius 2 is 1.35 bits per heavy atom. The molecule has 11 heteroatoms. The van der Waals surface area contributed by atoms with Gasteiger partial charge in [0.15, 0.2) is 0 Å². The van der Waals surface area contributed by atoms with Gasteiger partial charge in [0.25, 0.3) is 5.91 Å². The van der Waals surface area contributed by atoms with Crippen molar-refractivity contribution in [1.29, 1.82) is 0 Å². The minimum Gasteiger partial charge on any atom is -0.457 e. The zero-order chi connectivity index (χ0) is 33.7. The van der Waals surface area contributed by atoms with Crippen molar-refractivity contribution >= 4 is 17.8 Å². The molecule has 4 aromatic rings. The van der Waals surface area contributed by atoms with Gasteiger partial charge in [-0.2, -0.15) is 13.2 Å². The summed E-state index contributed by atoms with van der Waals surface area (Å²) in [6.45, 7) is -0.624. The molecular formula is C37H35F3N4O4. The Kier molecular flexibility index (Phi) is 9.38. The van der Waals surface area contributed by atoms with Crippen LogP contribution in [0.1, 0.15) is 40.7 Å². The van der Waals surface area contributed by atoms with Crippen molar-refractivity contribution in [3.05, 3.63) is 120 Å². The van der Waals surface area contributed by atoms with E-state index in [2.05, 4.69) is 16.0 Å². The molecule has 0 spiro atoms. The van der Waals surface area contributed by atoms with Crippen LogP contribution >= 0.6 is 0 Å². The summed E-state index contributed by atoms with van der Waals surface area (Å²) in [4.78, 5) is 41.7. The largest absolute Gasteiger partial charge is 0.457 e. The van der Waals surface area contributed by atoms with Gasteiger partial charge in [0.1, 0.15) is 23.5 Å². The van der Waals surface area contributed by atoms with E-state index in [9.17, 15) is 27.6 Å². The first kappa shape index (κ1) is 32.6. The maximum absolute atomic E-state index is 13.7. The first-order valence-electron chi connectivity index (χ1n) is 15.9. The van der Waals surface area contributed by atoms with E-state index in [0.29, 0.717) is 54.1 Å². The van der Waals surface area contributed by atoms with Crippen molar-refractivity contribution in [3.63, 3.8) is 0 Å². The second kappa shape index (κ2) is 13.8. The molecule has 4 aromatic carbocycles. The molecule has 4 amide bonds.